The number of nitrogens with one attached hydrogen (secondary N) is 2. The lowest BCUT2D eigenvalue weighted by atomic mass is 10.1. The number of hydrogen-bond acceptors (Lipinski definition) is 3. The van der Waals surface area contributed by atoms with Gasteiger partial charge in [-0.2, -0.15) is 0 Å². The molecule has 5 nitrogen and oxygen atoms in total. The molecule has 2 N–H and O–H groups in total. The monoisotopic (exact) mass is 430 g/mol. The number of benzene rings is 3. The van der Waals surface area contributed by atoms with Gasteiger partial charge in [-0.1, -0.05) is 30.3 Å². The van der Waals surface area contributed by atoms with Gasteiger partial charge < -0.3 is 15.4 Å². The van der Waals surface area contributed by atoms with Crippen LogP contribution in [0.5, 0.6) is 5.75 Å². The Bertz CT molecular complexity index is 977. The molecule has 0 aliphatic carbocycles. The van der Waals surface area contributed by atoms with Crippen molar-refractivity contribution in [3.63, 3.8) is 0 Å². The number of halogens is 2. The Balaban J connectivity index is 1.49. The molecule has 0 fully saturated rings. The van der Waals surface area contributed by atoms with E-state index < -0.39 is 17.6 Å². The molecular formula is C20H16BrFN2O3. The van der Waals surface area contributed by atoms with Crippen LogP contribution in [0.25, 0.3) is 10.8 Å². The first-order valence-corrected chi connectivity index (χ1v) is 8.94. The first-order valence-electron chi connectivity index (χ1n) is 8.15. The summed E-state index contributed by atoms with van der Waals surface area (Å²) >= 11 is 3.49. The zero-order chi connectivity index (χ0) is 19.2. The zero-order valence-corrected chi connectivity index (χ0v) is 15.8. The van der Waals surface area contributed by atoms with Gasteiger partial charge in [0, 0.05) is 5.69 Å². The molecule has 0 atom stereocenters. The summed E-state index contributed by atoms with van der Waals surface area (Å²) < 4.78 is 19.1. The molecule has 138 valence electrons. The van der Waals surface area contributed by atoms with Crippen LogP contribution < -0.4 is 15.4 Å². The van der Waals surface area contributed by atoms with Crippen LogP contribution in [0, 0.1) is 5.82 Å². The van der Waals surface area contributed by atoms with Crippen LogP contribution in [0.15, 0.2) is 65.1 Å². The molecule has 0 aromatic heterocycles. The number of fused-ring (bicyclic) bond motifs is 1. The fourth-order valence-corrected chi connectivity index (χ4v) is 3.04. The maximum Gasteiger partial charge on any atom is 0.258 e. The van der Waals surface area contributed by atoms with E-state index in [9.17, 15) is 14.0 Å². The predicted octanol–water partition coefficient (Wildman–Crippen LogP) is 3.88. The topological polar surface area (TPSA) is 67.4 Å². The predicted molar refractivity (Wildman–Crippen MR) is 105 cm³/mol. The molecule has 7 heteroatoms. The van der Waals surface area contributed by atoms with Crippen LogP contribution in [0.2, 0.25) is 0 Å². The third-order valence-electron chi connectivity index (χ3n) is 3.76. The summed E-state index contributed by atoms with van der Waals surface area (Å²) in [5.41, 5.74) is 0.451. The second-order valence-corrected chi connectivity index (χ2v) is 6.51. The summed E-state index contributed by atoms with van der Waals surface area (Å²) in [5.74, 6) is -0.691. The minimum atomic E-state index is -0.427. The molecule has 0 saturated carbocycles. The summed E-state index contributed by atoms with van der Waals surface area (Å²) in [4.78, 5) is 23.7. The molecule has 0 heterocycles. The quantitative estimate of drug-likeness (QED) is 0.623. The van der Waals surface area contributed by atoms with Crippen molar-refractivity contribution in [2.45, 2.75) is 0 Å². The molecule has 0 unspecified atom stereocenters. The van der Waals surface area contributed by atoms with Crippen molar-refractivity contribution in [2.75, 3.05) is 18.5 Å². The van der Waals surface area contributed by atoms with Gasteiger partial charge in [0.15, 0.2) is 6.61 Å². The third kappa shape index (κ3) is 5.04. The molecule has 27 heavy (non-hydrogen) atoms. The first kappa shape index (κ1) is 18.8. The van der Waals surface area contributed by atoms with Crippen molar-refractivity contribution in [1.82, 2.24) is 5.32 Å². The van der Waals surface area contributed by atoms with Crippen LogP contribution in [-0.4, -0.2) is 25.0 Å². The van der Waals surface area contributed by atoms with Crippen LogP contribution in [-0.2, 0) is 9.59 Å². The molecule has 3 aromatic carbocycles. The lowest BCUT2D eigenvalue weighted by Gasteiger charge is -2.11. The van der Waals surface area contributed by atoms with Crippen LogP contribution in [0.3, 0.4) is 0 Å². The maximum absolute atomic E-state index is 12.8. The van der Waals surface area contributed by atoms with Gasteiger partial charge in [-0.15, -0.1) is 0 Å². The van der Waals surface area contributed by atoms with Crippen LogP contribution in [0.4, 0.5) is 10.1 Å². The fourth-order valence-electron chi connectivity index (χ4n) is 2.44. The number of rotatable bonds is 6. The van der Waals surface area contributed by atoms with Gasteiger partial charge in [-0.25, -0.2) is 4.39 Å². The van der Waals surface area contributed by atoms with E-state index in [4.69, 9.17) is 4.74 Å². The molecule has 2 amide bonds. The van der Waals surface area contributed by atoms with E-state index in [0.29, 0.717) is 11.4 Å². The molecule has 3 aromatic rings. The molecule has 0 aliphatic heterocycles. The molecule has 3 rings (SSSR count). The normalized spacial score (nSPS) is 10.4. The summed E-state index contributed by atoms with van der Waals surface area (Å²) in [6.45, 7) is -0.431. The summed E-state index contributed by atoms with van der Waals surface area (Å²) in [6.07, 6.45) is 0. The van der Waals surface area contributed by atoms with Gasteiger partial charge in [-0.3, -0.25) is 9.59 Å². The minimum absolute atomic E-state index is 0.210. The number of anilines is 1. The first-order chi connectivity index (χ1) is 13.0. The standard InChI is InChI=1S/C20H16BrFN2O3/c21-20-16-4-2-1-3-13(16)5-10-17(20)27-12-19(26)23-11-18(25)24-15-8-6-14(22)7-9-15/h1-10H,11-12H2,(H,23,26)(H,24,25). The SMILES string of the molecule is O=C(COc1ccc2ccccc2c1Br)NCC(=O)Nc1ccc(F)cc1. The molecule has 0 bridgehead atoms. The Morgan fingerprint density at radius 3 is 2.48 bits per heavy atom. The zero-order valence-electron chi connectivity index (χ0n) is 14.2. The Hall–Kier alpha value is -2.93. The number of hydrogen-bond donors (Lipinski definition) is 2. The van der Waals surface area contributed by atoms with Gasteiger partial charge in [0.05, 0.1) is 11.0 Å². The van der Waals surface area contributed by atoms with E-state index in [2.05, 4.69) is 26.6 Å². The van der Waals surface area contributed by atoms with Crippen molar-refractivity contribution in [1.29, 1.82) is 0 Å². The average molecular weight is 431 g/mol. The van der Waals surface area contributed by atoms with E-state index in [0.717, 1.165) is 15.2 Å². The van der Waals surface area contributed by atoms with E-state index in [1.165, 1.54) is 24.3 Å². The Labute approximate surface area is 163 Å². The van der Waals surface area contributed by atoms with Gasteiger partial charge in [0.2, 0.25) is 5.91 Å². The van der Waals surface area contributed by atoms with Gasteiger partial charge >= 0.3 is 0 Å². The molecule has 0 radical (unpaired) electrons. The highest BCUT2D eigenvalue weighted by Crippen LogP contribution is 2.32. The lowest BCUT2D eigenvalue weighted by molar-refractivity contribution is -0.125. The van der Waals surface area contributed by atoms with Crippen LogP contribution >= 0.6 is 15.9 Å². The fraction of sp³-hybridized carbons (Fsp3) is 0.100. The number of carbonyl (C=O) groups is 2. The highest BCUT2D eigenvalue weighted by molar-refractivity contribution is 9.10. The molecular weight excluding hydrogens is 415 g/mol. The Kier molecular flexibility index (Phi) is 6.03. The second-order valence-electron chi connectivity index (χ2n) is 5.72. The van der Waals surface area contributed by atoms with E-state index in [1.54, 1.807) is 6.07 Å². The largest absolute Gasteiger partial charge is 0.483 e. The van der Waals surface area contributed by atoms with Crippen LogP contribution in [0.1, 0.15) is 0 Å². The summed E-state index contributed by atoms with van der Waals surface area (Å²) in [5, 5.41) is 7.07. The highest BCUT2D eigenvalue weighted by Gasteiger charge is 2.10. The van der Waals surface area contributed by atoms with E-state index >= 15 is 0 Å². The van der Waals surface area contributed by atoms with E-state index in [-0.39, 0.29) is 13.2 Å². The summed E-state index contributed by atoms with van der Waals surface area (Å²) in [7, 11) is 0. The smallest absolute Gasteiger partial charge is 0.258 e. The number of amides is 2. The van der Waals surface area contributed by atoms with E-state index in [1.807, 2.05) is 30.3 Å². The molecule has 0 aliphatic rings. The lowest BCUT2D eigenvalue weighted by Crippen LogP contribution is -2.35. The second kappa shape index (κ2) is 8.64. The van der Waals surface area contributed by atoms with Gasteiger partial charge in [0.1, 0.15) is 11.6 Å². The Morgan fingerprint density at radius 1 is 0.963 bits per heavy atom. The van der Waals surface area contributed by atoms with Crippen molar-refractivity contribution in [3.8, 4) is 5.75 Å². The van der Waals surface area contributed by atoms with Crippen molar-refractivity contribution < 1.29 is 18.7 Å². The van der Waals surface area contributed by atoms with Crippen molar-refractivity contribution >= 4 is 44.2 Å². The number of ether oxygens (including phenoxy) is 1. The summed E-state index contributed by atoms with van der Waals surface area (Å²) in [6, 6.07) is 16.8. The van der Waals surface area contributed by atoms with Gasteiger partial charge in [-0.05, 0) is 57.0 Å². The Morgan fingerprint density at radius 2 is 1.70 bits per heavy atom. The third-order valence-corrected chi connectivity index (χ3v) is 4.58. The van der Waals surface area contributed by atoms with Crippen molar-refractivity contribution in [2.24, 2.45) is 0 Å². The number of carbonyl (C=O) groups excluding carboxylic acids is 2. The highest BCUT2D eigenvalue weighted by atomic mass is 79.9. The van der Waals surface area contributed by atoms with Crippen molar-refractivity contribution in [3.05, 3.63) is 71.0 Å². The molecule has 0 saturated heterocycles. The average Bonchev–Trinajstić information content (AvgIpc) is 2.68. The minimum Gasteiger partial charge on any atom is -0.483 e. The maximum atomic E-state index is 12.8. The molecule has 0 spiro atoms. The van der Waals surface area contributed by atoms with Gasteiger partial charge in [0.25, 0.3) is 5.91 Å².